The molecular weight excluding hydrogens is 280 g/mol. The maximum Gasteiger partial charge on any atom is 0.244 e. The number of nitrogens with two attached hydrogens (primary N) is 1. The number of nitrogens with one attached hydrogen (secondary N) is 1. The predicted octanol–water partition coefficient (Wildman–Crippen LogP) is -0.206. The van der Waals surface area contributed by atoms with Crippen molar-refractivity contribution in [3.05, 3.63) is 23.8 Å². The highest BCUT2D eigenvalue weighted by molar-refractivity contribution is 7.89. The topological polar surface area (TPSA) is 108 Å². The van der Waals surface area contributed by atoms with Crippen molar-refractivity contribution in [3.63, 3.8) is 0 Å². The highest BCUT2D eigenvalue weighted by Crippen LogP contribution is 2.17. The van der Waals surface area contributed by atoms with Crippen LogP contribution in [0.2, 0.25) is 0 Å². The summed E-state index contributed by atoms with van der Waals surface area (Å²) < 4.78 is 30.2. The van der Waals surface area contributed by atoms with Crippen LogP contribution in [0, 0.1) is 13.8 Å². The second-order valence-electron chi connectivity index (χ2n) is 4.56. The lowest BCUT2D eigenvalue weighted by molar-refractivity contribution is 0.560. The minimum absolute atomic E-state index is 0.233. The van der Waals surface area contributed by atoms with Crippen molar-refractivity contribution in [2.75, 3.05) is 12.3 Å². The molecule has 0 atom stereocenters. The van der Waals surface area contributed by atoms with E-state index in [4.69, 9.17) is 5.73 Å². The van der Waals surface area contributed by atoms with E-state index < -0.39 is 10.0 Å². The Morgan fingerprint density at radius 2 is 2.10 bits per heavy atom. The summed E-state index contributed by atoms with van der Waals surface area (Å²) >= 11 is 0. The van der Waals surface area contributed by atoms with Gasteiger partial charge in [-0.15, -0.1) is 0 Å². The Morgan fingerprint density at radius 1 is 1.40 bits per heavy atom. The molecule has 0 aliphatic heterocycles. The molecule has 0 aromatic carbocycles. The molecule has 0 aliphatic rings. The fraction of sp³-hybridized carbons (Fsp3) is 0.455. The van der Waals surface area contributed by atoms with Crippen LogP contribution in [0.5, 0.6) is 0 Å². The van der Waals surface area contributed by atoms with Gasteiger partial charge in [-0.2, -0.15) is 10.2 Å². The van der Waals surface area contributed by atoms with Crippen LogP contribution in [0.15, 0.2) is 17.3 Å². The van der Waals surface area contributed by atoms with E-state index in [-0.39, 0.29) is 11.4 Å². The van der Waals surface area contributed by atoms with Gasteiger partial charge in [-0.3, -0.25) is 9.36 Å². The molecule has 0 saturated carbocycles. The van der Waals surface area contributed by atoms with E-state index in [9.17, 15) is 8.42 Å². The molecule has 2 rings (SSSR count). The van der Waals surface area contributed by atoms with E-state index in [1.807, 2.05) is 0 Å². The minimum atomic E-state index is -3.57. The quantitative estimate of drug-likeness (QED) is 0.794. The minimum Gasteiger partial charge on any atom is -0.396 e. The average Bonchev–Trinajstić information content (AvgIpc) is 2.84. The number of nitrogen functional groups attached to an aromatic ring is 1. The highest BCUT2D eigenvalue weighted by Gasteiger charge is 2.23. The molecule has 0 aliphatic carbocycles. The molecule has 0 saturated heterocycles. The molecule has 2 aromatic heterocycles. The molecule has 0 amide bonds. The Bertz CT molecular complexity index is 715. The van der Waals surface area contributed by atoms with Crippen LogP contribution in [0.3, 0.4) is 0 Å². The molecule has 0 bridgehead atoms. The third-order valence-electron chi connectivity index (χ3n) is 3.00. The number of hydrogen-bond acceptors (Lipinski definition) is 5. The summed E-state index contributed by atoms with van der Waals surface area (Å²) in [7, 11) is -1.85. The summed E-state index contributed by atoms with van der Waals surface area (Å²) in [4.78, 5) is 0.236. The smallest absolute Gasteiger partial charge is 0.244 e. The van der Waals surface area contributed by atoms with Crippen molar-refractivity contribution in [2.45, 2.75) is 25.3 Å². The van der Waals surface area contributed by atoms with Gasteiger partial charge in [0.05, 0.1) is 29.8 Å². The van der Waals surface area contributed by atoms with E-state index >= 15 is 0 Å². The molecule has 3 N–H and O–H groups in total. The monoisotopic (exact) mass is 298 g/mol. The van der Waals surface area contributed by atoms with E-state index in [2.05, 4.69) is 14.9 Å². The van der Waals surface area contributed by atoms with Gasteiger partial charge < -0.3 is 5.73 Å². The van der Waals surface area contributed by atoms with Crippen molar-refractivity contribution in [2.24, 2.45) is 7.05 Å². The van der Waals surface area contributed by atoms with Crippen LogP contribution in [-0.2, 0) is 23.6 Å². The zero-order valence-electron chi connectivity index (χ0n) is 11.7. The van der Waals surface area contributed by atoms with Crippen LogP contribution < -0.4 is 10.5 Å². The molecule has 0 fully saturated rings. The van der Waals surface area contributed by atoms with Crippen molar-refractivity contribution in [1.82, 2.24) is 24.3 Å². The van der Waals surface area contributed by atoms with Gasteiger partial charge >= 0.3 is 0 Å². The van der Waals surface area contributed by atoms with Gasteiger partial charge in [-0.05, 0) is 13.8 Å². The first-order valence-electron chi connectivity index (χ1n) is 6.09. The van der Waals surface area contributed by atoms with E-state index in [0.717, 1.165) is 0 Å². The van der Waals surface area contributed by atoms with E-state index in [1.54, 1.807) is 36.5 Å². The maximum absolute atomic E-state index is 12.3. The zero-order chi connectivity index (χ0) is 14.9. The number of nitrogens with zero attached hydrogens (tertiary/aromatic N) is 4. The molecule has 20 heavy (non-hydrogen) atoms. The van der Waals surface area contributed by atoms with Crippen LogP contribution in [0.4, 0.5) is 5.69 Å². The molecule has 110 valence electrons. The van der Waals surface area contributed by atoms with Crippen LogP contribution in [0.25, 0.3) is 0 Å². The summed E-state index contributed by atoms with van der Waals surface area (Å²) in [6.45, 7) is 4.05. The molecule has 0 spiro atoms. The van der Waals surface area contributed by atoms with Crippen molar-refractivity contribution >= 4 is 15.7 Å². The Hall–Kier alpha value is -1.87. The van der Waals surface area contributed by atoms with Crippen LogP contribution in [-0.4, -0.2) is 34.5 Å². The number of aryl methyl sites for hydroxylation is 2. The highest BCUT2D eigenvalue weighted by atomic mass is 32.2. The van der Waals surface area contributed by atoms with Gasteiger partial charge in [-0.25, -0.2) is 13.1 Å². The SMILES string of the molecule is Cc1nn(C)c(C)c1S(=O)(=O)NCCn1cc(N)cn1. The third kappa shape index (κ3) is 2.83. The molecule has 0 unspecified atom stereocenters. The molecule has 2 aromatic rings. The summed E-state index contributed by atoms with van der Waals surface area (Å²) in [5, 5.41) is 8.10. The van der Waals surface area contributed by atoms with E-state index in [0.29, 0.717) is 23.6 Å². The Morgan fingerprint density at radius 3 is 2.60 bits per heavy atom. The van der Waals surface area contributed by atoms with Gasteiger partial charge in [-0.1, -0.05) is 0 Å². The van der Waals surface area contributed by atoms with Gasteiger partial charge in [0.1, 0.15) is 4.90 Å². The molecule has 8 nitrogen and oxygen atoms in total. The Labute approximate surface area is 117 Å². The van der Waals surface area contributed by atoms with Gasteiger partial charge in [0, 0.05) is 19.8 Å². The first-order valence-corrected chi connectivity index (χ1v) is 7.57. The molecule has 0 radical (unpaired) electrons. The van der Waals surface area contributed by atoms with Crippen molar-refractivity contribution < 1.29 is 8.42 Å². The third-order valence-corrected chi connectivity index (χ3v) is 4.71. The van der Waals surface area contributed by atoms with Crippen LogP contribution in [0.1, 0.15) is 11.4 Å². The van der Waals surface area contributed by atoms with Crippen molar-refractivity contribution in [1.29, 1.82) is 0 Å². The average molecular weight is 298 g/mol. The number of aromatic nitrogens is 4. The first kappa shape index (κ1) is 14.5. The Balaban J connectivity index is 2.08. The second kappa shape index (κ2) is 5.25. The van der Waals surface area contributed by atoms with E-state index in [1.165, 1.54) is 6.20 Å². The lowest BCUT2D eigenvalue weighted by Gasteiger charge is -2.07. The van der Waals surface area contributed by atoms with Crippen molar-refractivity contribution in [3.8, 4) is 0 Å². The predicted molar refractivity (Wildman–Crippen MR) is 74.5 cm³/mol. The summed E-state index contributed by atoms with van der Waals surface area (Å²) in [5.41, 5.74) is 7.18. The first-order chi connectivity index (χ1) is 9.31. The zero-order valence-corrected chi connectivity index (χ0v) is 12.5. The standard InChI is InChI=1S/C11H18N6O2S/c1-8-11(9(2)16(3)15-8)20(18,19)14-4-5-17-7-10(12)6-13-17/h6-7,14H,4-5,12H2,1-3H3. The lowest BCUT2D eigenvalue weighted by atomic mass is 10.4. The maximum atomic E-state index is 12.3. The number of rotatable bonds is 5. The summed E-state index contributed by atoms with van der Waals surface area (Å²) in [5.74, 6) is 0. The lowest BCUT2D eigenvalue weighted by Crippen LogP contribution is -2.28. The second-order valence-corrected chi connectivity index (χ2v) is 6.26. The summed E-state index contributed by atoms with van der Waals surface area (Å²) in [6, 6.07) is 0. The van der Waals surface area contributed by atoms with Crippen LogP contribution >= 0.6 is 0 Å². The Kier molecular flexibility index (Phi) is 3.82. The fourth-order valence-electron chi connectivity index (χ4n) is 2.01. The number of hydrogen-bond donors (Lipinski definition) is 2. The molecule has 9 heteroatoms. The largest absolute Gasteiger partial charge is 0.396 e. The molecule has 2 heterocycles. The fourth-order valence-corrected chi connectivity index (χ4v) is 3.47. The summed E-state index contributed by atoms with van der Waals surface area (Å²) in [6.07, 6.45) is 3.17. The number of anilines is 1. The van der Waals surface area contributed by atoms with Gasteiger partial charge in [0.2, 0.25) is 10.0 Å². The van der Waals surface area contributed by atoms with Gasteiger partial charge in [0.15, 0.2) is 0 Å². The number of sulfonamides is 1. The normalized spacial score (nSPS) is 11.9. The van der Waals surface area contributed by atoms with Gasteiger partial charge in [0.25, 0.3) is 0 Å². The molecular formula is C11H18N6O2S.